The maximum absolute atomic E-state index is 11.8. The molecule has 0 bridgehead atoms. The van der Waals surface area contributed by atoms with Crippen molar-refractivity contribution in [3.63, 3.8) is 0 Å². The largest absolute Gasteiger partial charge is 0.478 e. The first-order valence-electron chi connectivity index (χ1n) is 8.80. The van der Waals surface area contributed by atoms with Crippen LogP contribution in [-0.4, -0.2) is 17.2 Å². The number of aliphatic carboxylic acids is 1. The summed E-state index contributed by atoms with van der Waals surface area (Å²) in [7, 11) is 0. The second-order valence-corrected chi connectivity index (χ2v) is 6.42. The van der Waals surface area contributed by atoms with Gasteiger partial charge in [-0.05, 0) is 60.9 Å². The minimum absolute atomic E-state index is 0.200. The first-order valence-corrected chi connectivity index (χ1v) is 8.80. The number of aryl methyl sites for hydroxylation is 2. The van der Waals surface area contributed by atoms with E-state index in [1.54, 1.807) is 6.07 Å². The van der Waals surface area contributed by atoms with Gasteiger partial charge in [0.25, 0.3) is 0 Å². The molecule has 0 aliphatic carbocycles. The Morgan fingerprint density at radius 1 is 0.889 bits per heavy atom. The van der Waals surface area contributed by atoms with E-state index in [-0.39, 0.29) is 6.42 Å². The summed E-state index contributed by atoms with van der Waals surface area (Å²) in [6.07, 6.45) is -0.807. The molecule has 0 aliphatic heterocycles. The molecule has 0 saturated carbocycles. The molecule has 1 N–H and O–H groups in total. The lowest BCUT2D eigenvalue weighted by atomic mass is 10.1. The molecule has 0 unspecified atom stereocenters. The molecule has 0 aliphatic rings. The van der Waals surface area contributed by atoms with Gasteiger partial charge in [0, 0.05) is 6.42 Å². The molecule has 0 amide bonds. The van der Waals surface area contributed by atoms with E-state index in [0.29, 0.717) is 17.2 Å². The van der Waals surface area contributed by atoms with Crippen LogP contribution in [0.25, 0.3) is 0 Å². The van der Waals surface area contributed by atoms with Gasteiger partial charge in [-0.3, -0.25) is 0 Å². The van der Waals surface area contributed by atoms with Crippen LogP contribution in [0.2, 0.25) is 0 Å². The number of rotatable bonds is 7. The van der Waals surface area contributed by atoms with Crippen LogP contribution < -0.4 is 9.47 Å². The highest BCUT2D eigenvalue weighted by atomic mass is 16.5. The summed E-state index contributed by atoms with van der Waals surface area (Å²) >= 11 is 0. The maximum Gasteiger partial charge on any atom is 0.345 e. The average molecular weight is 362 g/mol. The summed E-state index contributed by atoms with van der Waals surface area (Å²) < 4.78 is 11.7. The van der Waals surface area contributed by atoms with E-state index < -0.39 is 12.1 Å². The Kier molecular flexibility index (Phi) is 5.77. The second kappa shape index (κ2) is 8.41. The van der Waals surface area contributed by atoms with Crippen molar-refractivity contribution in [2.24, 2.45) is 0 Å². The molecule has 0 radical (unpaired) electrons. The topological polar surface area (TPSA) is 55.8 Å². The van der Waals surface area contributed by atoms with Crippen molar-refractivity contribution in [3.8, 4) is 17.2 Å². The van der Waals surface area contributed by atoms with Crippen LogP contribution in [0.1, 0.15) is 16.7 Å². The van der Waals surface area contributed by atoms with E-state index in [2.05, 4.69) is 0 Å². The lowest BCUT2D eigenvalue weighted by Gasteiger charge is -2.18. The lowest BCUT2D eigenvalue weighted by Crippen LogP contribution is -2.29. The molecule has 138 valence electrons. The predicted molar refractivity (Wildman–Crippen MR) is 105 cm³/mol. The predicted octanol–water partition coefficient (Wildman–Crippen LogP) is 5.17. The van der Waals surface area contributed by atoms with Crippen LogP contribution >= 0.6 is 0 Å². The Hall–Kier alpha value is -3.27. The Morgan fingerprint density at radius 2 is 1.59 bits per heavy atom. The minimum atomic E-state index is -1.01. The van der Waals surface area contributed by atoms with Gasteiger partial charge in [-0.1, -0.05) is 42.5 Å². The van der Waals surface area contributed by atoms with Crippen LogP contribution in [0.15, 0.2) is 72.8 Å². The second-order valence-electron chi connectivity index (χ2n) is 6.42. The first kappa shape index (κ1) is 18.5. The van der Waals surface area contributed by atoms with E-state index in [1.807, 2.05) is 80.6 Å². The van der Waals surface area contributed by atoms with Gasteiger partial charge in [0.2, 0.25) is 0 Å². The molecule has 3 aromatic rings. The number of carboxylic acid groups (broad SMARTS) is 1. The number of carbonyl (C=O) groups is 1. The Balaban J connectivity index is 1.80. The zero-order chi connectivity index (χ0) is 19.2. The van der Waals surface area contributed by atoms with Crippen molar-refractivity contribution in [1.82, 2.24) is 0 Å². The van der Waals surface area contributed by atoms with Crippen molar-refractivity contribution in [3.05, 3.63) is 89.5 Å². The smallest absolute Gasteiger partial charge is 0.345 e. The van der Waals surface area contributed by atoms with E-state index in [0.717, 1.165) is 16.7 Å². The molecular weight excluding hydrogens is 340 g/mol. The summed E-state index contributed by atoms with van der Waals surface area (Å²) in [6, 6.07) is 22.4. The molecule has 0 saturated heterocycles. The van der Waals surface area contributed by atoms with E-state index in [1.165, 1.54) is 0 Å². The van der Waals surface area contributed by atoms with Crippen LogP contribution in [-0.2, 0) is 11.2 Å². The van der Waals surface area contributed by atoms with Crippen molar-refractivity contribution < 1.29 is 19.4 Å². The van der Waals surface area contributed by atoms with E-state index in [4.69, 9.17) is 9.47 Å². The van der Waals surface area contributed by atoms with Crippen molar-refractivity contribution in [2.75, 3.05) is 0 Å². The number of hydrogen-bond donors (Lipinski definition) is 1. The highest BCUT2D eigenvalue weighted by Crippen LogP contribution is 2.27. The SMILES string of the molecule is Cc1ccc(O[C@H](Cc2ccccc2Oc2ccccc2)C(=O)O)cc1C. The third-order valence-electron chi connectivity index (χ3n) is 4.38. The molecule has 0 fully saturated rings. The molecule has 4 heteroatoms. The van der Waals surface area contributed by atoms with Crippen LogP contribution in [0.4, 0.5) is 0 Å². The fourth-order valence-electron chi connectivity index (χ4n) is 2.72. The van der Waals surface area contributed by atoms with Crippen LogP contribution in [0.3, 0.4) is 0 Å². The molecule has 3 aromatic carbocycles. The third kappa shape index (κ3) is 4.88. The highest BCUT2D eigenvalue weighted by Gasteiger charge is 2.22. The number of carboxylic acids is 1. The standard InChI is InChI=1S/C23H22O4/c1-16-12-13-20(14-17(16)2)27-22(23(24)25)15-18-8-6-7-11-21(18)26-19-9-4-3-5-10-19/h3-14,22H,15H2,1-2H3,(H,24,25)/t22-/m1/s1. The summed E-state index contributed by atoms with van der Waals surface area (Å²) in [5.41, 5.74) is 2.97. The molecule has 0 heterocycles. The van der Waals surface area contributed by atoms with Crippen molar-refractivity contribution >= 4 is 5.97 Å². The zero-order valence-corrected chi connectivity index (χ0v) is 15.4. The minimum Gasteiger partial charge on any atom is -0.478 e. The Labute approximate surface area is 159 Å². The molecule has 0 spiro atoms. The molecule has 3 rings (SSSR count). The van der Waals surface area contributed by atoms with Gasteiger partial charge in [-0.25, -0.2) is 4.79 Å². The molecule has 4 nitrogen and oxygen atoms in total. The Bertz CT molecular complexity index is 919. The van der Waals surface area contributed by atoms with Crippen molar-refractivity contribution in [2.45, 2.75) is 26.4 Å². The van der Waals surface area contributed by atoms with Crippen molar-refractivity contribution in [1.29, 1.82) is 0 Å². The molecular formula is C23H22O4. The van der Waals surface area contributed by atoms with Gasteiger partial charge < -0.3 is 14.6 Å². The van der Waals surface area contributed by atoms with Gasteiger partial charge >= 0.3 is 5.97 Å². The third-order valence-corrected chi connectivity index (χ3v) is 4.38. The van der Waals surface area contributed by atoms with Gasteiger partial charge in [-0.15, -0.1) is 0 Å². The van der Waals surface area contributed by atoms with Gasteiger partial charge in [0.05, 0.1) is 0 Å². The Morgan fingerprint density at radius 3 is 2.30 bits per heavy atom. The number of ether oxygens (including phenoxy) is 2. The monoisotopic (exact) mass is 362 g/mol. The van der Waals surface area contributed by atoms with E-state index in [9.17, 15) is 9.90 Å². The summed E-state index contributed by atoms with van der Waals surface area (Å²) in [4.78, 5) is 11.8. The molecule has 0 aromatic heterocycles. The summed E-state index contributed by atoms with van der Waals surface area (Å²) in [5, 5.41) is 9.63. The normalized spacial score (nSPS) is 11.6. The van der Waals surface area contributed by atoms with Crippen LogP contribution in [0.5, 0.6) is 17.2 Å². The summed E-state index contributed by atoms with van der Waals surface area (Å²) in [6.45, 7) is 3.98. The molecule has 27 heavy (non-hydrogen) atoms. The molecule has 1 atom stereocenters. The van der Waals surface area contributed by atoms with Gasteiger partial charge in [0.1, 0.15) is 17.2 Å². The van der Waals surface area contributed by atoms with Gasteiger partial charge in [-0.2, -0.15) is 0 Å². The maximum atomic E-state index is 11.8. The van der Waals surface area contributed by atoms with E-state index >= 15 is 0 Å². The number of hydrogen-bond acceptors (Lipinski definition) is 3. The van der Waals surface area contributed by atoms with Gasteiger partial charge in [0.15, 0.2) is 6.10 Å². The quantitative estimate of drug-likeness (QED) is 0.630. The fourth-order valence-corrected chi connectivity index (χ4v) is 2.72. The summed E-state index contributed by atoms with van der Waals surface area (Å²) in [5.74, 6) is 0.861. The number of para-hydroxylation sites is 2. The first-order chi connectivity index (χ1) is 13.0. The fraction of sp³-hybridized carbons (Fsp3) is 0.174. The lowest BCUT2D eigenvalue weighted by molar-refractivity contribution is -0.145. The number of benzene rings is 3. The average Bonchev–Trinajstić information content (AvgIpc) is 2.66. The van der Waals surface area contributed by atoms with Crippen LogP contribution in [0, 0.1) is 13.8 Å². The highest BCUT2D eigenvalue weighted by molar-refractivity contribution is 5.73. The zero-order valence-electron chi connectivity index (χ0n) is 15.4.